The zero-order chi connectivity index (χ0) is 14.8. The molecule has 4 unspecified atom stereocenters. The molecule has 1 saturated heterocycles. The fourth-order valence-electron chi connectivity index (χ4n) is 3.65. The van der Waals surface area contributed by atoms with Crippen molar-refractivity contribution in [3.63, 3.8) is 0 Å². The van der Waals surface area contributed by atoms with Crippen LogP contribution in [-0.2, 0) is 9.53 Å². The van der Waals surface area contributed by atoms with Gasteiger partial charge in [-0.3, -0.25) is 4.79 Å². The number of carbonyl (C=O) groups is 1. The van der Waals surface area contributed by atoms with Crippen molar-refractivity contribution in [1.82, 2.24) is 5.32 Å². The number of amides is 1. The van der Waals surface area contributed by atoms with Crippen molar-refractivity contribution in [2.75, 3.05) is 19.8 Å². The topological polar surface area (TPSA) is 64.4 Å². The van der Waals surface area contributed by atoms with Crippen LogP contribution in [0.4, 0.5) is 0 Å². The molecule has 0 spiro atoms. The van der Waals surface area contributed by atoms with E-state index in [0.29, 0.717) is 11.8 Å². The third kappa shape index (κ3) is 3.34. The Kier molecular flexibility index (Phi) is 5.08. The summed E-state index contributed by atoms with van der Waals surface area (Å²) in [5.41, 5.74) is 6.14. The minimum Gasteiger partial charge on any atom is -0.381 e. The maximum atomic E-state index is 12.5. The zero-order valence-electron chi connectivity index (χ0n) is 13.2. The fraction of sp³-hybridized carbons (Fsp3) is 0.938. The lowest BCUT2D eigenvalue weighted by molar-refractivity contribution is -0.132. The van der Waals surface area contributed by atoms with Gasteiger partial charge in [-0.1, -0.05) is 20.8 Å². The number of ether oxygens (including phenoxy) is 1. The van der Waals surface area contributed by atoms with Gasteiger partial charge in [-0.25, -0.2) is 0 Å². The summed E-state index contributed by atoms with van der Waals surface area (Å²) in [6.45, 7) is 9.07. The van der Waals surface area contributed by atoms with Crippen molar-refractivity contribution in [2.45, 2.75) is 52.5 Å². The van der Waals surface area contributed by atoms with Crippen LogP contribution in [0.25, 0.3) is 0 Å². The molecule has 1 amide bonds. The van der Waals surface area contributed by atoms with Crippen LogP contribution < -0.4 is 11.1 Å². The number of rotatable bonds is 4. The molecule has 2 fully saturated rings. The molecule has 2 rings (SSSR count). The second-order valence-electron chi connectivity index (χ2n) is 7.21. The highest BCUT2D eigenvalue weighted by molar-refractivity contribution is 5.79. The van der Waals surface area contributed by atoms with E-state index in [4.69, 9.17) is 10.5 Å². The van der Waals surface area contributed by atoms with E-state index in [0.717, 1.165) is 45.4 Å². The molecule has 4 heteroatoms. The smallest absolute Gasteiger partial charge is 0.223 e. The van der Waals surface area contributed by atoms with Gasteiger partial charge in [-0.15, -0.1) is 0 Å². The van der Waals surface area contributed by atoms with Crippen molar-refractivity contribution in [3.8, 4) is 0 Å². The Bertz CT molecular complexity index is 337. The van der Waals surface area contributed by atoms with Gasteiger partial charge in [0.15, 0.2) is 0 Å². The first-order valence-electron chi connectivity index (χ1n) is 8.04. The molecule has 0 aromatic rings. The molecule has 1 aliphatic heterocycles. The molecule has 2 aliphatic rings. The first kappa shape index (κ1) is 15.8. The Morgan fingerprint density at radius 1 is 1.35 bits per heavy atom. The lowest BCUT2D eigenvalue weighted by Gasteiger charge is -2.46. The number of nitrogens with one attached hydrogen (secondary N) is 1. The van der Waals surface area contributed by atoms with Crippen molar-refractivity contribution in [1.29, 1.82) is 0 Å². The Hall–Kier alpha value is -0.610. The lowest BCUT2D eigenvalue weighted by atomic mass is 9.61. The van der Waals surface area contributed by atoms with E-state index in [1.807, 2.05) is 0 Å². The Balaban J connectivity index is 1.81. The van der Waals surface area contributed by atoms with E-state index < -0.39 is 0 Å². The molecule has 4 atom stereocenters. The van der Waals surface area contributed by atoms with Gasteiger partial charge < -0.3 is 15.8 Å². The van der Waals surface area contributed by atoms with Gasteiger partial charge in [-0.05, 0) is 42.9 Å². The molecule has 0 aromatic carbocycles. The largest absolute Gasteiger partial charge is 0.381 e. The van der Waals surface area contributed by atoms with E-state index >= 15 is 0 Å². The van der Waals surface area contributed by atoms with E-state index in [1.54, 1.807) is 0 Å². The molecule has 4 nitrogen and oxygen atoms in total. The van der Waals surface area contributed by atoms with Crippen LogP contribution >= 0.6 is 0 Å². The summed E-state index contributed by atoms with van der Waals surface area (Å²) < 4.78 is 5.36. The standard InChI is InChI=1S/C16H30N2O2/c1-11-14(17)5-4-13(16(11,2)3)15(19)18-8-6-12-7-9-20-10-12/h11-14H,4-10,17H2,1-3H3,(H,18,19). The van der Waals surface area contributed by atoms with Gasteiger partial charge in [0.2, 0.25) is 5.91 Å². The van der Waals surface area contributed by atoms with Crippen molar-refractivity contribution >= 4 is 5.91 Å². The third-order valence-electron chi connectivity index (χ3n) is 5.69. The lowest BCUT2D eigenvalue weighted by Crippen LogP contribution is -2.51. The molecule has 3 N–H and O–H groups in total. The molecular weight excluding hydrogens is 252 g/mol. The average Bonchev–Trinajstić information content (AvgIpc) is 2.89. The molecular formula is C16H30N2O2. The van der Waals surface area contributed by atoms with Crippen molar-refractivity contribution < 1.29 is 9.53 Å². The van der Waals surface area contributed by atoms with Crippen molar-refractivity contribution in [3.05, 3.63) is 0 Å². The number of hydrogen-bond donors (Lipinski definition) is 2. The van der Waals surface area contributed by atoms with Crippen LogP contribution in [0.1, 0.15) is 46.5 Å². The molecule has 0 radical (unpaired) electrons. The van der Waals surface area contributed by atoms with E-state index in [-0.39, 0.29) is 23.3 Å². The average molecular weight is 282 g/mol. The predicted molar refractivity (Wildman–Crippen MR) is 80.2 cm³/mol. The van der Waals surface area contributed by atoms with Gasteiger partial charge in [0.1, 0.15) is 0 Å². The van der Waals surface area contributed by atoms with Gasteiger partial charge in [-0.2, -0.15) is 0 Å². The van der Waals surface area contributed by atoms with Crippen LogP contribution in [0.15, 0.2) is 0 Å². The quantitative estimate of drug-likeness (QED) is 0.828. The van der Waals surface area contributed by atoms with Crippen LogP contribution in [0.2, 0.25) is 0 Å². The van der Waals surface area contributed by atoms with Gasteiger partial charge in [0.05, 0.1) is 0 Å². The Labute approximate surface area is 122 Å². The van der Waals surface area contributed by atoms with Crippen LogP contribution in [0.3, 0.4) is 0 Å². The summed E-state index contributed by atoms with van der Waals surface area (Å²) in [5, 5.41) is 3.13. The Morgan fingerprint density at radius 3 is 2.75 bits per heavy atom. The summed E-state index contributed by atoms with van der Waals surface area (Å²) >= 11 is 0. The molecule has 0 bridgehead atoms. The molecule has 1 saturated carbocycles. The van der Waals surface area contributed by atoms with Gasteiger partial charge >= 0.3 is 0 Å². The van der Waals surface area contributed by atoms with Gasteiger partial charge in [0, 0.05) is 31.7 Å². The minimum absolute atomic E-state index is 0.0157. The second-order valence-corrected chi connectivity index (χ2v) is 7.21. The summed E-state index contributed by atoms with van der Waals surface area (Å²) in [7, 11) is 0. The molecule has 0 aromatic heterocycles. The molecule has 116 valence electrons. The van der Waals surface area contributed by atoms with Gasteiger partial charge in [0.25, 0.3) is 0 Å². The Morgan fingerprint density at radius 2 is 2.10 bits per heavy atom. The number of carbonyl (C=O) groups excluding carboxylic acids is 1. The highest BCUT2D eigenvalue weighted by Crippen LogP contribution is 2.44. The van der Waals surface area contributed by atoms with Crippen LogP contribution in [-0.4, -0.2) is 31.7 Å². The maximum absolute atomic E-state index is 12.5. The monoisotopic (exact) mass is 282 g/mol. The highest BCUT2D eigenvalue weighted by atomic mass is 16.5. The maximum Gasteiger partial charge on any atom is 0.223 e. The number of nitrogens with two attached hydrogens (primary N) is 1. The summed E-state index contributed by atoms with van der Waals surface area (Å²) in [6.07, 6.45) is 4.04. The fourth-order valence-corrected chi connectivity index (χ4v) is 3.65. The SMILES string of the molecule is CC1C(N)CCC(C(=O)NCCC2CCOC2)C1(C)C. The molecule has 1 aliphatic carbocycles. The summed E-state index contributed by atoms with van der Waals surface area (Å²) in [5.74, 6) is 1.32. The molecule has 20 heavy (non-hydrogen) atoms. The highest BCUT2D eigenvalue weighted by Gasteiger charge is 2.44. The van der Waals surface area contributed by atoms with Crippen LogP contribution in [0.5, 0.6) is 0 Å². The first-order valence-corrected chi connectivity index (χ1v) is 8.04. The van der Waals surface area contributed by atoms with Crippen LogP contribution in [0, 0.1) is 23.2 Å². The minimum atomic E-state index is -0.0157. The van der Waals surface area contributed by atoms with Crippen molar-refractivity contribution in [2.24, 2.45) is 28.9 Å². The normalized spacial score (nSPS) is 36.8. The molecule has 1 heterocycles. The number of hydrogen-bond acceptors (Lipinski definition) is 3. The zero-order valence-corrected chi connectivity index (χ0v) is 13.2. The van der Waals surface area contributed by atoms with E-state index in [9.17, 15) is 4.79 Å². The van der Waals surface area contributed by atoms with E-state index in [2.05, 4.69) is 26.1 Å². The third-order valence-corrected chi connectivity index (χ3v) is 5.69. The van der Waals surface area contributed by atoms with E-state index in [1.165, 1.54) is 0 Å². The second kappa shape index (κ2) is 6.44. The predicted octanol–water partition coefficient (Wildman–Crippen LogP) is 1.93. The summed E-state index contributed by atoms with van der Waals surface area (Å²) in [6, 6.07) is 0.227. The summed E-state index contributed by atoms with van der Waals surface area (Å²) in [4.78, 5) is 12.5. The first-order chi connectivity index (χ1) is 9.43.